The van der Waals surface area contributed by atoms with Crippen molar-refractivity contribution in [1.82, 2.24) is 5.32 Å². The quantitative estimate of drug-likeness (QED) is 0.117. The fourth-order valence-corrected chi connectivity index (χ4v) is 12.4. The van der Waals surface area contributed by atoms with Gasteiger partial charge in [-0.2, -0.15) is 0 Å². The first-order valence-corrected chi connectivity index (χ1v) is 20.5. The molecular weight excluding hydrogens is 666 g/mol. The molecule has 8 heteroatoms. The van der Waals surface area contributed by atoms with Gasteiger partial charge in [0.15, 0.2) is 5.78 Å². The fourth-order valence-electron chi connectivity index (χ4n) is 12.4. The van der Waals surface area contributed by atoms with E-state index in [9.17, 15) is 29.7 Å². The fraction of sp³-hybridized carbons (Fsp3) is 0.756. The Morgan fingerprint density at radius 2 is 1.64 bits per heavy atom. The minimum Gasteiger partial charge on any atom is -0.508 e. The van der Waals surface area contributed by atoms with Gasteiger partial charge in [-0.25, -0.2) is 0 Å². The van der Waals surface area contributed by atoms with Crippen molar-refractivity contribution in [2.24, 2.45) is 56.7 Å². The summed E-state index contributed by atoms with van der Waals surface area (Å²) in [6, 6.07) is 7.23. The molecule has 0 aliphatic heterocycles. The van der Waals surface area contributed by atoms with Gasteiger partial charge in [0.25, 0.3) is 0 Å². The summed E-state index contributed by atoms with van der Waals surface area (Å²) in [5, 5.41) is 34.5. The van der Waals surface area contributed by atoms with Crippen LogP contribution in [0.1, 0.15) is 133 Å². The van der Waals surface area contributed by atoms with Crippen LogP contribution in [0.2, 0.25) is 0 Å². The maximum atomic E-state index is 13.8. The maximum Gasteiger partial charge on any atom is 0.309 e. The van der Waals surface area contributed by atoms with E-state index in [-0.39, 0.29) is 63.5 Å². The van der Waals surface area contributed by atoms with Gasteiger partial charge < -0.3 is 25.4 Å². The van der Waals surface area contributed by atoms with Crippen LogP contribution in [0.3, 0.4) is 0 Å². The molecular formula is C45H69NO7. The van der Waals surface area contributed by atoms with Crippen LogP contribution in [-0.4, -0.2) is 58.3 Å². The zero-order chi connectivity index (χ0) is 39.3. The molecule has 0 heterocycles. The molecule has 0 spiro atoms. The number of benzene rings is 1. The third-order valence-electron chi connectivity index (χ3n) is 15.7. The molecule has 1 aromatic carbocycles. The highest BCUT2D eigenvalue weighted by Crippen LogP contribution is 2.74. The Morgan fingerprint density at radius 1 is 0.981 bits per heavy atom. The van der Waals surface area contributed by atoms with Crippen LogP contribution in [0.4, 0.5) is 0 Å². The number of carboxylic acids is 1. The van der Waals surface area contributed by atoms with Gasteiger partial charge in [0.1, 0.15) is 11.9 Å². The summed E-state index contributed by atoms with van der Waals surface area (Å²) in [5.74, 6) is -0.0548. The number of rotatable bonds is 13. The zero-order valence-corrected chi connectivity index (χ0v) is 34.3. The van der Waals surface area contributed by atoms with Crippen molar-refractivity contribution in [2.75, 3.05) is 13.1 Å². The number of ether oxygens (including phenoxy) is 1. The Bertz CT molecular complexity index is 1560. The van der Waals surface area contributed by atoms with E-state index in [0.29, 0.717) is 31.3 Å². The summed E-state index contributed by atoms with van der Waals surface area (Å²) in [7, 11) is 0. The number of Topliss-reactive ketones (excluding diaryl/α,β-unsaturated/α-hetero) is 1. The molecule has 0 aromatic heterocycles. The second-order valence-corrected chi connectivity index (χ2v) is 19.6. The maximum absolute atomic E-state index is 13.8. The highest BCUT2D eigenvalue weighted by atomic mass is 16.5. The molecule has 9 unspecified atom stereocenters. The van der Waals surface area contributed by atoms with Gasteiger partial charge in [0, 0.05) is 24.3 Å². The lowest BCUT2D eigenvalue weighted by atomic mass is 9.34. The molecule has 9 atom stereocenters. The molecule has 296 valence electrons. The van der Waals surface area contributed by atoms with E-state index >= 15 is 0 Å². The highest BCUT2D eigenvalue weighted by Gasteiger charge is 2.67. The number of carbonyl (C=O) groups excluding carboxylic acids is 2. The van der Waals surface area contributed by atoms with E-state index < -0.39 is 23.5 Å². The van der Waals surface area contributed by atoms with Crippen molar-refractivity contribution in [3.05, 3.63) is 41.0 Å². The first-order chi connectivity index (χ1) is 24.6. The Labute approximate surface area is 318 Å². The van der Waals surface area contributed by atoms with Gasteiger partial charge in [0.05, 0.1) is 17.9 Å². The third-order valence-corrected chi connectivity index (χ3v) is 15.7. The highest BCUT2D eigenvalue weighted by molar-refractivity contribution is 5.99. The van der Waals surface area contributed by atoms with E-state index in [1.165, 1.54) is 5.57 Å². The molecule has 4 aliphatic carbocycles. The number of ketones is 1. The number of hydrogen-bond acceptors (Lipinski definition) is 7. The Morgan fingerprint density at radius 3 is 2.25 bits per heavy atom. The number of aliphatic carboxylic acids is 1. The van der Waals surface area contributed by atoms with E-state index in [4.69, 9.17) is 4.74 Å². The SMILES string of the molecule is CCC1(C)C(C2=C(C(C)C)C(=O)CC2C(O)CNCCc2ccc(O)cc2)CCC2C3(C)CCC(OC(=O)CC(C)(C)C(=O)O)C(C)(C)C3CCC21C. The van der Waals surface area contributed by atoms with E-state index in [1.54, 1.807) is 26.0 Å². The summed E-state index contributed by atoms with van der Waals surface area (Å²) in [4.78, 5) is 38.7. The molecule has 3 fully saturated rings. The standard InChI is InChI=1S/C45H69NO7/c1-11-44(9)31(39-30(24-32(48)38(39)27(2)3)33(49)26-46-23-20-28-12-14-29(47)15-13-28)16-17-35-43(8)21-19-36(53-37(50)25-41(4,5)40(51)52)42(6,7)34(43)18-22-45(35,44)10/h12-15,27,30-31,33-36,46-47,49H,11,16-26H2,1-10H3,(H,51,52). The van der Waals surface area contributed by atoms with Gasteiger partial charge in [-0.1, -0.05) is 73.1 Å². The van der Waals surface area contributed by atoms with Crippen LogP contribution in [0.25, 0.3) is 0 Å². The number of phenols is 1. The molecule has 0 saturated heterocycles. The number of esters is 1. The molecule has 8 nitrogen and oxygen atoms in total. The molecule has 0 bridgehead atoms. The lowest BCUT2D eigenvalue weighted by molar-refractivity contribution is -0.228. The summed E-state index contributed by atoms with van der Waals surface area (Å²) in [6.45, 7) is 22.9. The average Bonchev–Trinajstić information content (AvgIpc) is 3.42. The van der Waals surface area contributed by atoms with E-state index in [1.807, 2.05) is 12.1 Å². The van der Waals surface area contributed by atoms with Crippen molar-refractivity contribution in [3.63, 3.8) is 0 Å². The van der Waals surface area contributed by atoms with Crippen molar-refractivity contribution >= 4 is 17.7 Å². The molecule has 3 saturated carbocycles. The number of aliphatic hydroxyl groups excluding tert-OH is 1. The lowest BCUT2D eigenvalue weighted by Gasteiger charge is -2.70. The first-order valence-electron chi connectivity index (χ1n) is 20.5. The number of fused-ring (bicyclic) bond motifs is 3. The van der Waals surface area contributed by atoms with E-state index in [0.717, 1.165) is 62.5 Å². The number of aliphatic hydroxyl groups is 1. The number of nitrogens with one attached hydrogen (secondary N) is 1. The molecule has 5 rings (SSSR count). The van der Waals surface area contributed by atoms with Crippen molar-refractivity contribution in [2.45, 2.75) is 146 Å². The Kier molecular flexibility index (Phi) is 11.8. The second-order valence-electron chi connectivity index (χ2n) is 19.6. The van der Waals surface area contributed by atoms with Crippen LogP contribution in [0.5, 0.6) is 5.75 Å². The average molecular weight is 736 g/mol. The van der Waals surface area contributed by atoms with Crippen LogP contribution in [0, 0.1) is 56.7 Å². The molecule has 1 aromatic rings. The minimum absolute atomic E-state index is 0.0135. The molecule has 4 N–H and O–H groups in total. The molecule has 53 heavy (non-hydrogen) atoms. The molecule has 0 amide bonds. The van der Waals surface area contributed by atoms with Crippen LogP contribution >= 0.6 is 0 Å². The first kappa shape index (κ1) is 41.5. The lowest BCUT2D eigenvalue weighted by Crippen LogP contribution is -2.64. The number of hydrogen-bond donors (Lipinski definition) is 4. The second kappa shape index (κ2) is 15.1. The summed E-state index contributed by atoms with van der Waals surface area (Å²) in [5.41, 5.74) is 1.86. The summed E-state index contributed by atoms with van der Waals surface area (Å²) >= 11 is 0. The summed E-state index contributed by atoms with van der Waals surface area (Å²) < 4.78 is 6.16. The Hall–Kier alpha value is -2.71. The Balaban J connectivity index is 1.37. The predicted molar refractivity (Wildman–Crippen MR) is 208 cm³/mol. The number of aromatic hydroxyl groups is 1. The zero-order valence-electron chi connectivity index (χ0n) is 34.3. The van der Waals surface area contributed by atoms with Gasteiger partial charge in [-0.3, -0.25) is 14.4 Å². The topological polar surface area (TPSA) is 133 Å². The summed E-state index contributed by atoms with van der Waals surface area (Å²) in [6.07, 6.45) is 6.96. The van der Waals surface area contributed by atoms with Crippen LogP contribution in [-0.2, 0) is 25.5 Å². The molecule has 0 radical (unpaired) electrons. The minimum atomic E-state index is -1.17. The van der Waals surface area contributed by atoms with Crippen molar-refractivity contribution in [3.8, 4) is 5.75 Å². The van der Waals surface area contributed by atoms with Gasteiger partial charge in [-0.15, -0.1) is 0 Å². The van der Waals surface area contributed by atoms with Crippen molar-refractivity contribution < 1.29 is 34.4 Å². The third kappa shape index (κ3) is 7.37. The number of phenolic OH excluding ortho intramolecular Hbond substituents is 1. The van der Waals surface area contributed by atoms with Gasteiger partial charge in [-0.05, 0) is 135 Å². The number of allylic oxidation sites excluding steroid dienone is 1. The van der Waals surface area contributed by atoms with Gasteiger partial charge in [0.2, 0.25) is 0 Å². The number of carboxylic acid groups (broad SMARTS) is 1. The normalized spacial score (nSPS) is 34.8. The number of carbonyl (C=O) groups is 3. The van der Waals surface area contributed by atoms with Gasteiger partial charge >= 0.3 is 11.9 Å². The van der Waals surface area contributed by atoms with Crippen molar-refractivity contribution in [1.29, 1.82) is 0 Å². The largest absolute Gasteiger partial charge is 0.508 e. The van der Waals surface area contributed by atoms with E-state index in [2.05, 4.69) is 60.7 Å². The predicted octanol–water partition coefficient (Wildman–Crippen LogP) is 8.52. The molecule has 4 aliphatic rings. The van der Waals surface area contributed by atoms with Crippen LogP contribution in [0.15, 0.2) is 35.4 Å². The smallest absolute Gasteiger partial charge is 0.309 e. The van der Waals surface area contributed by atoms with Crippen LogP contribution < -0.4 is 5.32 Å². The monoisotopic (exact) mass is 736 g/mol.